The van der Waals surface area contributed by atoms with Crippen molar-refractivity contribution in [2.45, 2.75) is 77.7 Å². The summed E-state index contributed by atoms with van der Waals surface area (Å²) in [7, 11) is 0. The maximum Gasteiger partial charge on any atom is 0.127 e. The molecule has 0 amide bonds. The van der Waals surface area contributed by atoms with Gasteiger partial charge < -0.3 is 18.8 Å². The van der Waals surface area contributed by atoms with E-state index in [9.17, 15) is 5.26 Å². The molecular formula is C39H44ClN5O. The number of nitrogens with zero attached hydrogens (tertiary/aromatic N) is 5. The summed E-state index contributed by atoms with van der Waals surface area (Å²) < 4.78 is 10.6. The van der Waals surface area contributed by atoms with E-state index in [0.29, 0.717) is 10.9 Å². The van der Waals surface area contributed by atoms with Gasteiger partial charge in [-0.25, -0.2) is 4.98 Å². The molecule has 0 saturated carbocycles. The van der Waals surface area contributed by atoms with Gasteiger partial charge in [-0.05, 0) is 137 Å². The Labute approximate surface area is 278 Å². The molecule has 0 spiro atoms. The zero-order valence-corrected chi connectivity index (χ0v) is 27.8. The Morgan fingerprint density at radius 1 is 0.891 bits per heavy atom. The summed E-state index contributed by atoms with van der Waals surface area (Å²) in [5.41, 5.74) is 5.70. The third-order valence-electron chi connectivity index (χ3n) is 9.33. The fourth-order valence-corrected chi connectivity index (χ4v) is 6.81. The largest absolute Gasteiger partial charge is 0.457 e. The molecule has 5 aromatic rings. The van der Waals surface area contributed by atoms with Crippen molar-refractivity contribution in [3.63, 3.8) is 0 Å². The predicted octanol–water partition coefficient (Wildman–Crippen LogP) is 9.71. The number of halogens is 1. The minimum absolute atomic E-state index is 0.500. The van der Waals surface area contributed by atoms with Crippen LogP contribution in [0.2, 0.25) is 5.02 Å². The molecule has 1 saturated heterocycles. The van der Waals surface area contributed by atoms with Crippen LogP contribution in [-0.4, -0.2) is 38.7 Å². The smallest absolute Gasteiger partial charge is 0.127 e. The first-order valence-corrected chi connectivity index (χ1v) is 17.3. The second kappa shape index (κ2) is 15.0. The highest BCUT2D eigenvalue weighted by atomic mass is 35.5. The summed E-state index contributed by atoms with van der Waals surface area (Å²) in [4.78, 5) is 7.84. The number of rotatable bonds is 13. The number of aryl methyl sites for hydroxylation is 3. The van der Waals surface area contributed by atoms with E-state index in [1.54, 1.807) is 0 Å². The Bertz CT molecular complexity index is 1770. The van der Waals surface area contributed by atoms with Crippen LogP contribution in [0.4, 0.5) is 0 Å². The number of aromatic nitrogens is 3. The number of hydrogen-bond donors (Lipinski definition) is 0. The van der Waals surface area contributed by atoms with Gasteiger partial charge in [-0.1, -0.05) is 24.9 Å². The fraction of sp³-hybridized carbons (Fsp3) is 0.385. The minimum atomic E-state index is 0.500. The van der Waals surface area contributed by atoms with E-state index in [1.165, 1.54) is 28.6 Å². The van der Waals surface area contributed by atoms with E-state index < -0.39 is 0 Å². The Hall–Kier alpha value is -4.05. The number of fused-ring (bicyclic) bond motifs is 1. The van der Waals surface area contributed by atoms with Crippen LogP contribution in [0.1, 0.15) is 80.9 Å². The normalized spacial score (nSPS) is 14.1. The maximum atomic E-state index is 9.39. The van der Waals surface area contributed by atoms with Crippen LogP contribution in [-0.2, 0) is 19.4 Å². The molecule has 238 valence electrons. The highest BCUT2D eigenvalue weighted by Crippen LogP contribution is 2.31. The first-order valence-electron chi connectivity index (χ1n) is 16.9. The molecule has 0 bridgehead atoms. The Morgan fingerprint density at radius 2 is 1.63 bits per heavy atom. The molecule has 0 atom stereocenters. The molecule has 46 heavy (non-hydrogen) atoms. The van der Waals surface area contributed by atoms with E-state index in [4.69, 9.17) is 21.3 Å². The van der Waals surface area contributed by atoms with E-state index in [-0.39, 0.29) is 0 Å². The van der Waals surface area contributed by atoms with Crippen LogP contribution in [0.25, 0.3) is 16.6 Å². The summed E-state index contributed by atoms with van der Waals surface area (Å²) in [6, 6.07) is 24.1. The lowest BCUT2D eigenvalue weighted by atomic mass is 9.94. The van der Waals surface area contributed by atoms with Crippen molar-refractivity contribution in [3.8, 4) is 23.3 Å². The van der Waals surface area contributed by atoms with Gasteiger partial charge in [-0.2, -0.15) is 5.26 Å². The summed E-state index contributed by atoms with van der Waals surface area (Å²) in [5.74, 6) is 3.22. The SMILES string of the molecule is CCCCc1nc(C2CCN(CCCCc3cn(CC)c4ccc(C#N)cc34)CC2)cn1-c1ccc(Oc2ccc(Cl)cc2)cc1. The lowest BCUT2D eigenvalue weighted by molar-refractivity contribution is 0.207. The first-order chi connectivity index (χ1) is 22.5. The number of likely N-dealkylation sites (tertiary alicyclic amines) is 1. The lowest BCUT2D eigenvalue weighted by Crippen LogP contribution is -2.33. The fourth-order valence-electron chi connectivity index (χ4n) is 6.69. The van der Waals surface area contributed by atoms with Crippen LogP contribution in [0, 0.1) is 11.3 Å². The van der Waals surface area contributed by atoms with Gasteiger partial charge in [0.25, 0.3) is 0 Å². The standard InChI is InChI=1S/C39H44ClN5O/c1-3-5-9-39-42-37(28-45(39)33-13-17-35(18-14-33)46-34-15-11-32(40)12-16-34)30-20-23-43(24-21-30)22-7-6-8-31-27-44(4-2)38-19-10-29(26-41)25-36(31)38/h10-19,25,27-28,30H,3-9,20-24H2,1-2H3. The van der Waals surface area contributed by atoms with Gasteiger partial charge in [0.05, 0.1) is 17.3 Å². The first kappa shape index (κ1) is 31.9. The highest BCUT2D eigenvalue weighted by Gasteiger charge is 2.24. The van der Waals surface area contributed by atoms with Crippen molar-refractivity contribution in [1.82, 2.24) is 19.0 Å². The van der Waals surface area contributed by atoms with Gasteiger partial charge in [0.15, 0.2) is 0 Å². The topological polar surface area (TPSA) is 59.0 Å². The Balaban J connectivity index is 1.03. The number of piperidine rings is 1. The molecule has 1 aliphatic heterocycles. The van der Waals surface area contributed by atoms with Gasteiger partial charge >= 0.3 is 0 Å². The lowest BCUT2D eigenvalue weighted by Gasteiger charge is -2.31. The highest BCUT2D eigenvalue weighted by molar-refractivity contribution is 6.30. The summed E-state index contributed by atoms with van der Waals surface area (Å²) in [5, 5.41) is 11.3. The second-order valence-electron chi connectivity index (χ2n) is 12.5. The van der Waals surface area contributed by atoms with E-state index in [0.717, 1.165) is 99.7 Å². The van der Waals surface area contributed by atoms with Crippen LogP contribution in [0.3, 0.4) is 0 Å². The summed E-state index contributed by atoms with van der Waals surface area (Å²) in [6.45, 7) is 8.75. The number of nitriles is 1. The predicted molar refractivity (Wildman–Crippen MR) is 187 cm³/mol. The van der Waals surface area contributed by atoms with E-state index in [1.807, 2.05) is 42.5 Å². The van der Waals surface area contributed by atoms with Crippen LogP contribution < -0.4 is 4.74 Å². The van der Waals surface area contributed by atoms with Crippen molar-refractivity contribution >= 4 is 22.5 Å². The molecule has 1 aliphatic rings. The molecule has 3 heterocycles. The molecular weight excluding hydrogens is 590 g/mol. The number of hydrogen-bond acceptors (Lipinski definition) is 4. The molecule has 1 fully saturated rings. The van der Waals surface area contributed by atoms with Crippen molar-refractivity contribution < 1.29 is 4.74 Å². The molecule has 0 N–H and O–H groups in total. The van der Waals surface area contributed by atoms with Crippen LogP contribution in [0.5, 0.6) is 11.5 Å². The van der Waals surface area contributed by atoms with Crippen molar-refractivity contribution in [1.29, 1.82) is 5.26 Å². The Morgan fingerprint density at radius 3 is 2.33 bits per heavy atom. The molecule has 7 heteroatoms. The van der Waals surface area contributed by atoms with E-state index in [2.05, 4.69) is 70.6 Å². The number of benzene rings is 3. The van der Waals surface area contributed by atoms with Gasteiger partial charge in [0, 0.05) is 52.9 Å². The van der Waals surface area contributed by atoms with Crippen LogP contribution >= 0.6 is 11.6 Å². The van der Waals surface area contributed by atoms with Gasteiger partial charge in [0.2, 0.25) is 0 Å². The third kappa shape index (κ3) is 7.49. The van der Waals surface area contributed by atoms with Crippen molar-refractivity contribution in [2.75, 3.05) is 19.6 Å². The third-order valence-corrected chi connectivity index (χ3v) is 9.58. The molecule has 2 aromatic heterocycles. The van der Waals surface area contributed by atoms with Crippen molar-refractivity contribution in [2.24, 2.45) is 0 Å². The molecule has 0 unspecified atom stereocenters. The Kier molecular flexibility index (Phi) is 10.4. The molecule has 0 aliphatic carbocycles. The number of unbranched alkanes of at least 4 members (excludes halogenated alkanes) is 2. The van der Waals surface area contributed by atoms with Gasteiger partial charge in [-0.3, -0.25) is 0 Å². The summed E-state index contributed by atoms with van der Waals surface area (Å²) >= 11 is 6.02. The minimum Gasteiger partial charge on any atom is -0.457 e. The number of imidazole rings is 1. The van der Waals surface area contributed by atoms with Gasteiger partial charge in [-0.15, -0.1) is 0 Å². The van der Waals surface area contributed by atoms with E-state index >= 15 is 0 Å². The van der Waals surface area contributed by atoms with Gasteiger partial charge in [0.1, 0.15) is 17.3 Å². The molecule has 3 aromatic carbocycles. The van der Waals surface area contributed by atoms with Crippen molar-refractivity contribution in [3.05, 3.63) is 107 Å². The molecule has 6 nitrogen and oxygen atoms in total. The number of ether oxygens (including phenoxy) is 1. The second-order valence-corrected chi connectivity index (χ2v) is 12.9. The average molecular weight is 634 g/mol. The maximum absolute atomic E-state index is 9.39. The monoisotopic (exact) mass is 633 g/mol. The summed E-state index contributed by atoms with van der Waals surface area (Å²) in [6.07, 6.45) is 13.5. The average Bonchev–Trinajstić information content (AvgIpc) is 3.68. The zero-order chi connectivity index (χ0) is 31.9. The van der Waals surface area contributed by atoms with Crippen LogP contribution in [0.15, 0.2) is 79.1 Å². The molecule has 6 rings (SSSR count). The zero-order valence-electron chi connectivity index (χ0n) is 27.1. The quantitative estimate of drug-likeness (QED) is 0.121. The molecule has 0 radical (unpaired) electrons.